The van der Waals surface area contributed by atoms with E-state index in [0.29, 0.717) is 5.56 Å². The van der Waals surface area contributed by atoms with Crippen LogP contribution in [0.4, 0.5) is 13.2 Å². The van der Waals surface area contributed by atoms with Crippen molar-refractivity contribution in [1.29, 1.82) is 0 Å². The van der Waals surface area contributed by atoms with Crippen LogP contribution >= 0.6 is 0 Å². The van der Waals surface area contributed by atoms with E-state index >= 15 is 0 Å². The molecule has 1 aromatic heterocycles. The van der Waals surface area contributed by atoms with Gasteiger partial charge in [0, 0.05) is 25.5 Å². The third-order valence-electron chi connectivity index (χ3n) is 3.68. The van der Waals surface area contributed by atoms with Crippen LogP contribution in [0, 0.1) is 5.41 Å². The van der Waals surface area contributed by atoms with Crippen LogP contribution in [0.3, 0.4) is 0 Å². The number of alkyl halides is 3. The zero-order chi connectivity index (χ0) is 15.7. The lowest BCUT2D eigenvalue weighted by molar-refractivity contribution is -0.227. The fourth-order valence-electron chi connectivity index (χ4n) is 2.34. The molecule has 2 rings (SSSR count). The number of amides is 1. The molecule has 0 bridgehead atoms. The number of nitrogens with zero attached hydrogens (tertiary/aromatic N) is 2. The van der Waals surface area contributed by atoms with Crippen molar-refractivity contribution in [1.82, 2.24) is 9.88 Å². The minimum absolute atomic E-state index is 0.0733. The van der Waals surface area contributed by atoms with Crippen molar-refractivity contribution in [2.75, 3.05) is 13.1 Å². The van der Waals surface area contributed by atoms with Crippen molar-refractivity contribution >= 4 is 11.9 Å². The van der Waals surface area contributed by atoms with Crippen LogP contribution < -0.4 is 0 Å². The number of aromatic nitrogens is 1. The van der Waals surface area contributed by atoms with Gasteiger partial charge in [-0.25, -0.2) is 0 Å². The van der Waals surface area contributed by atoms with E-state index in [0.717, 1.165) is 4.90 Å². The topological polar surface area (TPSA) is 70.5 Å². The summed E-state index contributed by atoms with van der Waals surface area (Å²) in [5.74, 6) is -2.46. The smallest absolute Gasteiger partial charge is 0.406 e. The van der Waals surface area contributed by atoms with Crippen molar-refractivity contribution in [3.8, 4) is 0 Å². The molecule has 1 aliphatic heterocycles. The summed E-state index contributed by atoms with van der Waals surface area (Å²) in [5.41, 5.74) is -2.24. The quantitative estimate of drug-likeness (QED) is 0.918. The fraction of sp³-hybridized carbons (Fsp3) is 0.462. The standard InChI is InChI=1S/C13H13F3N2O3/c14-13(15,16)12(11(20)21)3-6-18(8-12)10(19)7-9-1-4-17-5-2-9/h1-2,4-5H,3,6-8H2,(H,20,21). The number of hydrogen-bond donors (Lipinski definition) is 1. The summed E-state index contributed by atoms with van der Waals surface area (Å²) >= 11 is 0. The Kier molecular flexibility index (Phi) is 3.89. The van der Waals surface area contributed by atoms with Crippen LogP contribution in [0.1, 0.15) is 12.0 Å². The summed E-state index contributed by atoms with van der Waals surface area (Å²) in [4.78, 5) is 27.8. The maximum atomic E-state index is 13.0. The molecule has 1 aromatic rings. The van der Waals surface area contributed by atoms with Gasteiger partial charge in [-0.05, 0) is 24.1 Å². The van der Waals surface area contributed by atoms with Gasteiger partial charge < -0.3 is 10.0 Å². The first-order valence-corrected chi connectivity index (χ1v) is 6.23. The lowest BCUT2D eigenvalue weighted by Gasteiger charge is -2.27. The number of hydrogen-bond acceptors (Lipinski definition) is 3. The Hall–Kier alpha value is -2.12. The summed E-state index contributed by atoms with van der Waals surface area (Å²) in [5, 5.41) is 8.92. The van der Waals surface area contributed by atoms with Gasteiger partial charge in [0.05, 0.1) is 6.42 Å². The van der Waals surface area contributed by atoms with Crippen LogP contribution in [0.2, 0.25) is 0 Å². The second-order valence-corrected chi connectivity index (χ2v) is 4.98. The zero-order valence-corrected chi connectivity index (χ0v) is 10.9. The van der Waals surface area contributed by atoms with Gasteiger partial charge in [0.15, 0.2) is 5.41 Å². The van der Waals surface area contributed by atoms with Crippen LogP contribution in [-0.4, -0.2) is 46.1 Å². The molecule has 0 spiro atoms. The van der Waals surface area contributed by atoms with Gasteiger partial charge in [-0.2, -0.15) is 13.2 Å². The third-order valence-corrected chi connectivity index (χ3v) is 3.68. The number of pyridine rings is 1. The van der Waals surface area contributed by atoms with E-state index in [1.165, 1.54) is 12.4 Å². The molecule has 5 nitrogen and oxygen atoms in total. The zero-order valence-electron chi connectivity index (χ0n) is 10.9. The molecule has 0 saturated carbocycles. The SMILES string of the molecule is O=C(Cc1ccncc1)N1CCC(C(=O)O)(C(F)(F)F)C1. The monoisotopic (exact) mass is 302 g/mol. The van der Waals surface area contributed by atoms with Gasteiger partial charge in [-0.15, -0.1) is 0 Å². The molecule has 114 valence electrons. The molecule has 0 radical (unpaired) electrons. The summed E-state index contributed by atoms with van der Waals surface area (Å²) in [6.07, 6.45) is -2.62. The van der Waals surface area contributed by atoms with E-state index in [1.807, 2.05) is 0 Å². The van der Waals surface area contributed by atoms with Gasteiger partial charge >= 0.3 is 12.1 Å². The van der Waals surface area contributed by atoms with E-state index in [9.17, 15) is 22.8 Å². The molecular weight excluding hydrogens is 289 g/mol. The van der Waals surface area contributed by atoms with E-state index in [1.54, 1.807) is 12.1 Å². The summed E-state index contributed by atoms with van der Waals surface area (Å²) in [6.45, 7) is -1.05. The van der Waals surface area contributed by atoms with E-state index < -0.39 is 36.4 Å². The van der Waals surface area contributed by atoms with Crippen molar-refractivity contribution in [3.63, 3.8) is 0 Å². The number of carbonyl (C=O) groups is 2. The first kappa shape index (κ1) is 15.3. The minimum atomic E-state index is -4.88. The second kappa shape index (κ2) is 5.34. The van der Waals surface area contributed by atoms with Gasteiger partial charge in [-0.3, -0.25) is 14.6 Å². The number of rotatable bonds is 3. The van der Waals surface area contributed by atoms with Gasteiger partial charge in [0.25, 0.3) is 0 Å². The average Bonchev–Trinajstić information content (AvgIpc) is 2.86. The first-order chi connectivity index (χ1) is 9.76. The van der Waals surface area contributed by atoms with Gasteiger partial charge in [-0.1, -0.05) is 0 Å². The number of carboxylic acids is 1. The highest BCUT2D eigenvalue weighted by Crippen LogP contribution is 2.45. The number of carboxylic acid groups (broad SMARTS) is 1. The maximum Gasteiger partial charge on any atom is 0.406 e. The molecular formula is C13H13F3N2O3. The van der Waals surface area contributed by atoms with Crippen molar-refractivity contribution in [2.24, 2.45) is 5.41 Å². The molecule has 1 N–H and O–H groups in total. The molecule has 0 aromatic carbocycles. The number of halogens is 3. The Labute approximate surface area is 118 Å². The Bertz CT molecular complexity index is 547. The summed E-state index contributed by atoms with van der Waals surface area (Å²) < 4.78 is 39.0. The van der Waals surface area contributed by atoms with Crippen LogP contribution in [0.5, 0.6) is 0 Å². The number of likely N-dealkylation sites (tertiary alicyclic amines) is 1. The van der Waals surface area contributed by atoms with Crippen molar-refractivity contribution in [3.05, 3.63) is 30.1 Å². The molecule has 8 heteroatoms. The minimum Gasteiger partial charge on any atom is -0.481 e. The average molecular weight is 302 g/mol. The van der Waals surface area contributed by atoms with Crippen molar-refractivity contribution in [2.45, 2.75) is 19.0 Å². The van der Waals surface area contributed by atoms with E-state index in [4.69, 9.17) is 5.11 Å². The maximum absolute atomic E-state index is 13.0. The molecule has 0 aliphatic carbocycles. The van der Waals surface area contributed by atoms with Crippen LogP contribution in [0.15, 0.2) is 24.5 Å². The predicted molar refractivity (Wildman–Crippen MR) is 65.3 cm³/mol. The van der Waals surface area contributed by atoms with E-state index in [-0.39, 0.29) is 13.0 Å². The Morgan fingerprint density at radius 2 is 1.95 bits per heavy atom. The largest absolute Gasteiger partial charge is 0.481 e. The molecule has 1 amide bonds. The molecule has 1 fully saturated rings. The normalized spacial score (nSPS) is 22.3. The fourth-order valence-corrected chi connectivity index (χ4v) is 2.34. The summed E-state index contributed by atoms with van der Waals surface area (Å²) in [6, 6.07) is 3.17. The van der Waals surface area contributed by atoms with Gasteiger partial charge in [0.2, 0.25) is 5.91 Å². The highest BCUT2D eigenvalue weighted by molar-refractivity contribution is 5.82. The van der Waals surface area contributed by atoms with Crippen LogP contribution in [0.25, 0.3) is 0 Å². The lowest BCUT2D eigenvalue weighted by atomic mass is 9.86. The van der Waals surface area contributed by atoms with Crippen LogP contribution in [-0.2, 0) is 16.0 Å². The molecule has 1 atom stereocenters. The number of aliphatic carboxylic acids is 1. The lowest BCUT2D eigenvalue weighted by Crippen LogP contribution is -2.47. The first-order valence-electron chi connectivity index (χ1n) is 6.23. The molecule has 2 heterocycles. The molecule has 1 unspecified atom stereocenters. The highest BCUT2D eigenvalue weighted by Gasteiger charge is 2.64. The molecule has 1 aliphatic rings. The Balaban J connectivity index is 2.11. The molecule has 1 saturated heterocycles. The number of carbonyl (C=O) groups excluding carboxylic acids is 1. The van der Waals surface area contributed by atoms with Crippen molar-refractivity contribution < 1.29 is 27.9 Å². The third kappa shape index (κ3) is 2.84. The van der Waals surface area contributed by atoms with E-state index in [2.05, 4.69) is 4.98 Å². The molecule has 21 heavy (non-hydrogen) atoms. The second-order valence-electron chi connectivity index (χ2n) is 4.98. The summed E-state index contributed by atoms with van der Waals surface area (Å²) in [7, 11) is 0. The van der Waals surface area contributed by atoms with Gasteiger partial charge in [0.1, 0.15) is 0 Å². The predicted octanol–water partition coefficient (Wildman–Crippen LogP) is 1.49. The Morgan fingerprint density at radius 3 is 2.43 bits per heavy atom. The Morgan fingerprint density at radius 1 is 1.33 bits per heavy atom. The highest BCUT2D eigenvalue weighted by atomic mass is 19.4.